The van der Waals surface area contributed by atoms with Gasteiger partial charge in [0.2, 0.25) is 6.42 Å². The summed E-state index contributed by atoms with van der Waals surface area (Å²) in [5.41, 5.74) is 1.79. The van der Waals surface area contributed by atoms with Gasteiger partial charge >= 0.3 is 0 Å². The van der Waals surface area contributed by atoms with E-state index in [1.165, 1.54) is 0 Å². The topological polar surface area (TPSA) is 58.6 Å². The molecular weight excluding hydrogens is 391 g/mol. The molecule has 1 aliphatic rings. The molecule has 1 unspecified atom stereocenters. The lowest BCUT2D eigenvalue weighted by molar-refractivity contribution is 0.0618. The summed E-state index contributed by atoms with van der Waals surface area (Å²) in [6.07, 6.45) is -2.99. The number of aryl methyl sites for hydroxylation is 1. The largest absolute Gasteiger partial charge is 0.448 e. The van der Waals surface area contributed by atoms with Crippen molar-refractivity contribution < 1.29 is 14.1 Å². The van der Waals surface area contributed by atoms with E-state index in [2.05, 4.69) is 5.20 Å². The van der Waals surface area contributed by atoms with Gasteiger partial charge in [-0.05, 0) is 55.1 Å². The number of imide groups is 1. The maximum absolute atomic E-state index is 12.8. The molecule has 0 saturated heterocycles. The summed E-state index contributed by atoms with van der Waals surface area (Å²) >= 11 is 5.87. The van der Waals surface area contributed by atoms with Gasteiger partial charge < -0.3 is 4.52 Å². The molecule has 1 atom stereocenters. The Morgan fingerprint density at radius 1 is 0.821 bits per heavy atom. The Bertz CT molecular complexity index is 1070. The van der Waals surface area contributed by atoms with Crippen LogP contribution in [0.25, 0.3) is 0 Å². The fourth-order valence-corrected chi connectivity index (χ4v) is 5.47. The van der Waals surface area contributed by atoms with E-state index in [-0.39, 0.29) is 0 Å². The normalized spacial score (nSPS) is 15.2. The smallest absolute Gasteiger partial charge is 0.276 e. The van der Waals surface area contributed by atoms with Crippen molar-refractivity contribution in [3.05, 3.63) is 95.6 Å². The third-order valence-corrected chi connectivity index (χ3v) is 7.39. The minimum atomic E-state index is -2.99. The first-order valence-corrected chi connectivity index (χ1v) is 11.4. The monoisotopic (exact) mass is 408 g/mol. The van der Waals surface area contributed by atoms with Crippen LogP contribution in [0, 0.1) is 6.92 Å². The first-order chi connectivity index (χ1) is 13.5. The molecule has 28 heavy (non-hydrogen) atoms. The third-order valence-electron chi connectivity index (χ3n) is 4.38. The molecule has 1 aliphatic heterocycles. The fourth-order valence-electron chi connectivity index (χ4n) is 2.91. The number of hydrogen-bond donors (Lipinski definition) is 1. The molecule has 0 bridgehead atoms. The quantitative estimate of drug-likeness (QED) is 0.514. The van der Waals surface area contributed by atoms with E-state index in [0.29, 0.717) is 22.2 Å². The number of nitrogens with one attached hydrogen (secondary N) is 1. The van der Waals surface area contributed by atoms with Crippen LogP contribution in [0.5, 0.6) is 5.75 Å². The first kappa shape index (κ1) is 18.6. The van der Waals surface area contributed by atoms with Crippen LogP contribution in [0.2, 0.25) is 0 Å². The molecule has 4 rings (SSSR count). The molecule has 0 spiro atoms. The number of carbonyl (C=O) groups excluding carboxylic acids is 2. The predicted octanol–water partition coefficient (Wildman–Crippen LogP) is 3.81. The van der Waals surface area contributed by atoms with Crippen molar-refractivity contribution in [2.24, 2.45) is 0 Å². The highest BCUT2D eigenvalue weighted by molar-refractivity contribution is 8.15. The Hall–Kier alpha value is -2.79. The molecule has 0 aliphatic carbocycles. The molecule has 3 aromatic rings. The molecule has 1 heterocycles. The maximum Gasteiger partial charge on any atom is 0.276 e. The van der Waals surface area contributed by atoms with Gasteiger partial charge in [-0.2, -0.15) is 10.2 Å². The summed E-state index contributed by atoms with van der Waals surface area (Å²) in [4.78, 5) is 25.5. The minimum absolute atomic E-state index is 0.352. The molecule has 0 fully saturated rings. The molecule has 0 aromatic heterocycles. The summed E-state index contributed by atoms with van der Waals surface area (Å²) in [7, 11) is 0. The average molecular weight is 408 g/mol. The van der Waals surface area contributed by atoms with Crippen LogP contribution < -0.4 is 15.0 Å². The van der Waals surface area contributed by atoms with Crippen LogP contribution in [0.1, 0.15) is 26.3 Å². The van der Waals surface area contributed by atoms with Crippen molar-refractivity contribution in [3.63, 3.8) is 0 Å². The van der Waals surface area contributed by atoms with Crippen LogP contribution >= 0.6 is 6.42 Å². The van der Waals surface area contributed by atoms with Crippen LogP contribution in [0.3, 0.4) is 0 Å². The highest BCUT2D eigenvalue weighted by atomic mass is 32.4. The van der Waals surface area contributed by atoms with Crippen molar-refractivity contribution >= 4 is 35.3 Å². The summed E-state index contributed by atoms with van der Waals surface area (Å²) < 4.78 is 6.17. The zero-order chi connectivity index (χ0) is 19.7. The van der Waals surface area contributed by atoms with E-state index in [4.69, 9.17) is 16.3 Å². The first-order valence-electron chi connectivity index (χ1n) is 8.65. The van der Waals surface area contributed by atoms with Gasteiger partial charge in [-0.3, -0.25) is 9.59 Å². The lowest BCUT2D eigenvalue weighted by Crippen LogP contribution is -2.43. The number of fused-ring (bicyclic) bond motifs is 1. The summed E-state index contributed by atoms with van der Waals surface area (Å²) in [6.45, 7) is 1.98. The summed E-state index contributed by atoms with van der Waals surface area (Å²) in [6, 6.07) is 23.4. The zero-order valence-electron chi connectivity index (χ0n) is 15.0. The van der Waals surface area contributed by atoms with Crippen LogP contribution in [0.15, 0.2) is 78.9 Å². The van der Waals surface area contributed by atoms with Gasteiger partial charge in [0.15, 0.2) is 0 Å². The lowest BCUT2D eigenvalue weighted by atomic mass is 10.1. The summed E-state index contributed by atoms with van der Waals surface area (Å²) in [5.74, 6) is -0.293. The van der Waals surface area contributed by atoms with Gasteiger partial charge in [-0.25, -0.2) is 0 Å². The Morgan fingerprint density at radius 2 is 1.36 bits per heavy atom. The highest BCUT2D eigenvalue weighted by Gasteiger charge is 2.39. The van der Waals surface area contributed by atoms with Gasteiger partial charge in [0.05, 0.1) is 11.1 Å². The van der Waals surface area contributed by atoms with Crippen molar-refractivity contribution in [2.75, 3.05) is 0 Å². The van der Waals surface area contributed by atoms with E-state index in [1.807, 2.05) is 61.5 Å². The van der Waals surface area contributed by atoms with E-state index in [1.54, 1.807) is 24.3 Å². The molecule has 7 heteroatoms. The Morgan fingerprint density at radius 3 is 1.93 bits per heavy atom. The van der Waals surface area contributed by atoms with Crippen molar-refractivity contribution in [2.45, 2.75) is 6.92 Å². The average Bonchev–Trinajstić information content (AvgIpc) is 2.95. The third kappa shape index (κ3) is 3.38. The number of hydrazine groups is 1. The van der Waals surface area contributed by atoms with Gasteiger partial charge in [-0.1, -0.05) is 48.0 Å². The second-order valence-electron chi connectivity index (χ2n) is 6.38. The van der Waals surface area contributed by atoms with Crippen LogP contribution in [0.4, 0.5) is 0 Å². The number of hydrogen-bond acceptors (Lipinski definition) is 4. The number of nitrogens with zero attached hydrogens (tertiary/aromatic N) is 1. The van der Waals surface area contributed by atoms with Crippen molar-refractivity contribution in [1.82, 2.24) is 10.2 Å². The molecule has 0 radical (unpaired) electrons. The van der Waals surface area contributed by atoms with Crippen LogP contribution in [-0.2, 0) is 11.8 Å². The lowest BCUT2D eigenvalue weighted by Gasteiger charge is -2.28. The Labute approximate surface area is 168 Å². The predicted molar refractivity (Wildman–Crippen MR) is 112 cm³/mol. The molecule has 140 valence electrons. The van der Waals surface area contributed by atoms with Crippen molar-refractivity contribution in [3.8, 4) is 5.75 Å². The minimum Gasteiger partial charge on any atom is -0.448 e. The molecular formula is C21H17N2O3PS. The maximum atomic E-state index is 12.8. The van der Waals surface area contributed by atoms with Gasteiger partial charge in [-0.15, -0.1) is 0 Å². The summed E-state index contributed by atoms with van der Waals surface area (Å²) in [5, 5.41) is 4.65. The van der Waals surface area contributed by atoms with Gasteiger partial charge in [0.1, 0.15) is 5.75 Å². The van der Waals surface area contributed by atoms with E-state index in [9.17, 15) is 9.59 Å². The SMILES string of the molecule is Cc1ccc(OP(=S)(NN2C(=O)c3ccccc3C2=O)c2ccccc2)cc1. The van der Waals surface area contributed by atoms with E-state index < -0.39 is 18.2 Å². The van der Waals surface area contributed by atoms with Gasteiger partial charge in [0.25, 0.3) is 11.8 Å². The number of benzene rings is 3. The Kier molecular flexibility index (Phi) is 4.85. The molecule has 2 amide bonds. The Balaban J connectivity index is 1.71. The molecule has 0 saturated carbocycles. The van der Waals surface area contributed by atoms with E-state index in [0.717, 1.165) is 10.6 Å². The van der Waals surface area contributed by atoms with Crippen LogP contribution in [-0.4, -0.2) is 16.8 Å². The molecule has 3 aromatic carbocycles. The standard InChI is InChI=1S/C21H17N2O3PS/c1-15-11-13-16(14-12-15)26-27(28,17-7-3-2-4-8-17)22-23-20(24)18-9-5-6-10-19(18)21(23)25/h2-14H,1H3,(H,22,28). The zero-order valence-corrected chi connectivity index (χ0v) is 16.7. The molecule has 1 N–H and O–H groups in total. The second kappa shape index (κ2) is 7.32. The fraction of sp³-hybridized carbons (Fsp3) is 0.0476. The van der Waals surface area contributed by atoms with Crippen molar-refractivity contribution in [1.29, 1.82) is 0 Å². The number of amides is 2. The highest BCUT2D eigenvalue weighted by Crippen LogP contribution is 2.44. The molecule has 5 nitrogen and oxygen atoms in total. The van der Waals surface area contributed by atoms with E-state index >= 15 is 0 Å². The number of rotatable bonds is 5. The number of carbonyl (C=O) groups is 2. The van der Waals surface area contributed by atoms with Gasteiger partial charge in [0, 0.05) is 5.30 Å². The second-order valence-corrected chi connectivity index (χ2v) is 9.93.